The van der Waals surface area contributed by atoms with Gasteiger partial charge in [0, 0.05) is 20.1 Å². The maximum absolute atomic E-state index is 13.1. The molecule has 0 atom stereocenters. The Morgan fingerprint density at radius 1 is 1.15 bits per heavy atom. The third-order valence-electron chi connectivity index (χ3n) is 6.07. The summed E-state index contributed by atoms with van der Waals surface area (Å²) in [5, 5.41) is 9.07. The molecule has 1 aliphatic carbocycles. The molecular weight excluding hydrogens is 344 g/mol. The van der Waals surface area contributed by atoms with Crippen LogP contribution in [0.15, 0.2) is 30.3 Å². The first kappa shape index (κ1) is 19.4. The molecule has 0 unspecified atom stereocenters. The zero-order valence-electron chi connectivity index (χ0n) is 15.9. The highest BCUT2D eigenvalue weighted by Gasteiger charge is 2.45. The third-order valence-corrected chi connectivity index (χ3v) is 6.07. The topological polar surface area (TPSA) is 77.9 Å². The van der Waals surface area contributed by atoms with E-state index in [9.17, 15) is 14.4 Å². The van der Waals surface area contributed by atoms with Gasteiger partial charge in [0.15, 0.2) is 0 Å². The summed E-state index contributed by atoms with van der Waals surface area (Å²) < 4.78 is 0. The van der Waals surface area contributed by atoms with Crippen LogP contribution >= 0.6 is 0 Å². The van der Waals surface area contributed by atoms with E-state index in [1.807, 2.05) is 30.3 Å². The second kappa shape index (κ2) is 8.11. The molecule has 6 nitrogen and oxygen atoms in total. The summed E-state index contributed by atoms with van der Waals surface area (Å²) >= 11 is 0. The lowest BCUT2D eigenvalue weighted by Gasteiger charge is -2.43. The SMILES string of the molecule is CN(CC(=O)N1CCC(C(=O)O)CC1)C(=O)C1(Cc2ccccc2)CCC1. The molecule has 1 heterocycles. The number of benzene rings is 1. The molecule has 2 amide bonds. The summed E-state index contributed by atoms with van der Waals surface area (Å²) in [6.07, 6.45) is 4.46. The van der Waals surface area contributed by atoms with Gasteiger partial charge in [0.05, 0.1) is 17.9 Å². The zero-order chi connectivity index (χ0) is 19.4. The number of carboxylic acid groups (broad SMARTS) is 1. The van der Waals surface area contributed by atoms with E-state index < -0.39 is 5.97 Å². The standard InChI is InChI=1S/C21H28N2O4/c1-22(15-18(24)23-12-8-17(9-13-23)19(25)26)20(27)21(10-5-11-21)14-16-6-3-2-4-7-16/h2-4,6-7,17H,5,8-15H2,1H3,(H,25,26). The number of likely N-dealkylation sites (N-methyl/N-ethyl adjacent to an activating group) is 1. The monoisotopic (exact) mass is 372 g/mol. The lowest BCUT2D eigenvalue weighted by atomic mass is 9.64. The molecule has 27 heavy (non-hydrogen) atoms. The molecule has 0 spiro atoms. The molecule has 0 aromatic heterocycles. The molecule has 1 N–H and O–H groups in total. The lowest BCUT2D eigenvalue weighted by Crippen LogP contribution is -2.51. The largest absolute Gasteiger partial charge is 0.481 e. The minimum Gasteiger partial charge on any atom is -0.481 e. The molecule has 6 heteroatoms. The highest BCUT2D eigenvalue weighted by Crippen LogP contribution is 2.45. The summed E-state index contributed by atoms with van der Waals surface area (Å²) in [5.74, 6) is -1.20. The second-order valence-electron chi connectivity index (χ2n) is 7.95. The van der Waals surface area contributed by atoms with Gasteiger partial charge in [-0.1, -0.05) is 36.8 Å². The van der Waals surface area contributed by atoms with Crippen LogP contribution in [0, 0.1) is 11.3 Å². The van der Waals surface area contributed by atoms with Crippen molar-refractivity contribution in [3.05, 3.63) is 35.9 Å². The Morgan fingerprint density at radius 3 is 2.30 bits per heavy atom. The van der Waals surface area contributed by atoms with E-state index in [0.717, 1.165) is 31.2 Å². The summed E-state index contributed by atoms with van der Waals surface area (Å²) in [5.41, 5.74) is 0.771. The van der Waals surface area contributed by atoms with Crippen LogP contribution in [0.4, 0.5) is 0 Å². The molecule has 146 valence electrons. The predicted molar refractivity (Wildman–Crippen MR) is 101 cm³/mol. The fourth-order valence-corrected chi connectivity index (χ4v) is 4.21. The zero-order valence-corrected chi connectivity index (χ0v) is 15.9. The van der Waals surface area contributed by atoms with Gasteiger partial charge in [-0.15, -0.1) is 0 Å². The van der Waals surface area contributed by atoms with E-state index >= 15 is 0 Å². The van der Waals surface area contributed by atoms with E-state index in [-0.39, 0.29) is 29.7 Å². The first-order valence-corrected chi connectivity index (χ1v) is 9.71. The molecule has 3 rings (SSSR count). The predicted octanol–water partition coefficient (Wildman–Crippen LogP) is 2.18. The normalized spacial score (nSPS) is 19.2. The summed E-state index contributed by atoms with van der Waals surface area (Å²) in [6.45, 7) is 0.965. The molecule has 1 aromatic rings. The Kier molecular flexibility index (Phi) is 5.82. The van der Waals surface area contributed by atoms with Crippen molar-refractivity contribution in [3.63, 3.8) is 0 Å². The third kappa shape index (κ3) is 4.31. The number of hydrogen-bond donors (Lipinski definition) is 1. The number of rotatable bonds is 6. The van der Waals surface area contributed by atoms with E-state index in [4.69, 9.17) is 5.11 Å². The molecule has 1 aliphatic heterocycles. The summed E-state index contributed by atoms with van der Waals surface area (Å²) in [7, 11) is 1.70. The van der Waals surface area contributed by atoms with Crippen molar-refractivity contribution in [3.8, 4) is 0 Å². The molecule has 1 aromatic carbocycles. The molecular formula is C21H28N2O4. The lowest BCUT2D eigenvalue weighted by molar-refractivity contribution is -0.151. The van der Waals surface area contributed by atoms with Gasteiger partial charge in [-0.3, -0.25) is 14.4 Å². The van der Waals surface area contributed by atoms with Crippen LogP contribution in [-0.2, 0) is 20.8 Å². The molecule has 1 saturated carbocycles. The van der Waals surface area contributed by atoms with E-state index in [2.05, 4.69) is 0 Å². The van der Waals surface area contributed by atoms with Crippen molar-refractivity contribution >= 4 is 17.8 Å². The number of aliphatic carboxylic acids is 1. The fraction of sp³-hybridized carbons (Fsp3) is 0.571. The Hall–Kier alpha value is -2.37. The van der Waals surface area contributed by atoms with E-state index in [1.54, 1.807) is 16.8 Å². The highest BCUT2D eigenvalue weighted by molar-refractivity contribution is 5.88. The van der Waals surface area contributed by atoms with Crippen LogP contribution in [0.3, 0.4) is 0 Å². The molecule has 2 fully saturated rings. The number of hydrogen-bond acceptors (Lipinski definition) is 3. The van der Waals surface area contributed by atoms with Crippen LogP contribution in [0.25, 0.3) is 0 Å². The van der Waals surface area contributed by atoms with Gasteiger partial charge < -0.3 is 14.9 Å². The molecule has 1 saturated heterocycles. The van der Waals surface area contributed by atoms with Gasteiger partial charge in [-0.05, 0) is 37.7 Å². The first-order valence-electron chi connectivity index (χ1n) is 9.71. The minimum absolute atomic E-state index is 0.0476. The Bertz CT molecular complexity index is 691. The summed E-state index contributed by atoms with van der Waals surface area (Å²) in [6, 6.07) is 10.0. The quantitative estimate of drug-likeness (QED) is 0.830. The molecule has 0 radical (unpaired) electrons. The van der Waals surface area contributed by atoms with Crippen LogP contribution in [0.1, 0.15) is 37.7 Å². The van der Waals surface area contributed by atoms with Crippen molar-refractivity contribution in [2.45, 2.75) is 38.5 Å². The van der Waals surface area contributed by atoms with Crippen molar-refractivity contribution in [1.82, 2.24) is 9.80 Å². The van der Waals surface area contributed by atoms with Crippen molar-refractivity contribution in [1.29, 1.82) is 0 Å². The number of piperidine rings is 1. The Balaban J connectivity index is 1.56. The number of carbonyl (C=O) groups excluding carboxylic acids is 2. The van der Waals surface area contributed by atoms with Crippen molar-refractivity contribution < 1.29 is 19.5 Å². The molecule has 2 aliphatic rings. The molecule has 0 bridgehead atoms. The Morgan fingerprint density at radius 2 is 1.78 bits per heavy atom. The number of amides is 2. The van der Waals surface area contributed by atoms with Crippen LogP contribution in [0.5, 0.6) is 0 Å². The Labute approximate surface area is 160 Å². The number of nitrogens with zero attached hydrogens (tertiary/aromatic N) is 2. The maximum Gasteiger partial charge on any atom is 0.306 e. The highest BCUT2D eigenvalue weighted by atomic mass is 16.4. The second-order valence-corrected chi connectivity index (χ2v) is 7.95. The minimum atomic E-state index is -0.790. The van der Waals surface area contributed by atoms with Crippen LogP contribution in [0.2, 0.25) is 0 Å². The fourth-order valence-electron chi connectivity index (χ4n) is 4.21. The number of carbonyl (C=O) groups is 3. The van der Waals surface area contributed by atoms with E-state index in [1.165, 1.54) is 0 Å². The average molecular weight is 372 g/mol. The van der Waals surface area contributed by atoms with Gasteiger partial charge >= 0.3 is 5.97 Å². The number of carboxylic acids is 1. The van der Waals surface area contributed by atoms with Gasteiger partial charge in [0.25, 0.3) is 0 Å². The van der Waals surface area contributed by atoms with Crippen LogP contribution < -0.4 is 0 Å². The number of likely N-dealkylation sites (tertiary alicyclic amines) is 1. The van der Waals surface area contributed by atoms with Crippen molar-refractivity contribution in [2.75, 3.05) is 26.7 Å². The van der Waals surface area contributed by atoms with Gasteiger partial charge in [0.2, 0.25) is 11.8 Å². The smallest absolute Gasteiger partial charge is 0.306 e. The van der Waals surface area contributed by atoms with Crippen molar-refractivity contribution in [2.24, 2.45) is 11.3 Å². The maximum atomic E-state index is 13.1. The summed E-state index contributed by atoms with van der Waals surface area (Å²) in [4.78, 5) is 39.9. The van der Waals surface area contributed by atoms with Gasteiger partial charge in [0.1, 0.15) is 0 Å². The van der Waals surface area contributed by atoms with E-state index in [0.29, 0.717) is 25.9 Å². The average Bonchev–Trinajstić information content (AvgIpc) is 2.65. The van der Waals surface area contributed by atoms with Crippen LogP contribution in [-0.4, -0.2) is 59.4 Å². The van der Waals surface area contributed by atoms with Gasteiger partial charge in [-0.25, -0.2) is 0 Å². The first-order chi connectivity index (χ1) is 12.9. The van der Waals surface area contributed by atoms with Gasteiger partial charge in [-0.2, -0.15) is 0 Å².